The molecule has 24 heavy (non-hydrogen) atoms. The molecule has 1 saturated heterocycles. The highest BCUT2D eigenvalue weighted by Gasteiger charge is 2.34. The number of amides is 1. The molecular weight excluding hydrogens is 340 g/mol. The summed E-state index contributed by atoms with van der Waals surface area (Å²) in [4.78, 5) is 23.7. The van der Waals surface area contributed by atoms with Crippen LogP contribution in [0.4, 0.5) is 10.8 Å². The van der Waals surface area contributed by atoms with E-state index in [-0.39, 0.29) is 5.91 Å². The van der Waals surface area contributed by atoms with Gasteiger partial charge in [-0.1, -0.05) is 18.2 Å². The van der Waals surface area contributed by atoms with E-state index in [2.05, 4.69) is 16.6 Å². The number of amidine groups is 1. The maximum Gasteiger partial charge on any atom is 0.267 e. The van der Waals surface area contributed by atoms with E-state index in [4.69, 9.17) is 5.73 Å². The number of nitrogens with zero attached hydrogens (tertiary/aromatic N) is 3. The summed E-state index contributed by atoms with van der Waals surface area (Å²) >= 11 is 2.80. The summed E-state index contributed by atoms with van der Waals surface area (Å²) in [6.07, 6.45) is 3.39. The number of thioether (sulfide) groups is 1. The molecule has 0 atom stereocenters. The summed E-state index contributed by atoms with van der Waals surface area (Å²) < 4.78 is 0. The minimum absolute atomic E-state index is 0.0652. The van der Waals surface area contributed by atoms with Gasteiger partial charge in [-0.3, -0.25) is 9.69 Å². The van der Waals surface area contributed by atoms with E-state index in [1.807, 2.05) is 36.6 Å². The monoisotopic (exact) mass is 356 g/mol. The molecule has 1 aromatic carbocycles. The zero-order valence-corrected chi connectivity index (χ0v) is 14.7. The molecule has 0 saturated carbocycles. The maximum atomic E-state index is 12.8. The smallest absolute Gasteiger partial charge is 0.267 e. The van der Waals surface area contributed by atoms with E-state index < -0.39 is 0 Å². The molecule has 2 aromatic rings. The predicted molar refractivity (Wildman–Crippen MR) is 102 cm³/mol. The van der Waals surface area contributed by atoms with Gasteiger partial charge in [0.15, 0.2) is 5.17 Å². The van der Waals surface area contributed by atoms with Crippen molar-refractivity contribution in [2.24, 2.45) is 4.99 Å². The average molecular weight is 356 g/mol. The van der Waals surface area contributed by atoms with Crippen molar-refractivity contribution in [1.82, 2.24) is 9.88 Å². The number of aromatic nitrogens is 1. The van der Waals surface area contributed by atoms with Crippen LogP contribution in [-0.2, 0) is 4.79 Å². The summed E-state index contributed by atoms with van der Waals surface area (Å²) in [5, 5.41) is 3.11. The van der Waals surface area contributed by atoms with Gasteiger partial charge in [0, 0.05) is 23.8 Å². The highest BCUT2D eigenvalue weighted by atomic mass is 32.2. The van der Waals surface area contributed by atoms with Crippen LogP contribution in [0, 0.1) is 0 Å². The average Bonchev–Trinajstić information content (AvgIpc) is 3.19. The van der Waals surface area contributed by atoms with Gasteiger partial charge < -0.3 is 5.73 Å². The highest BCUT2D eigenvalue weighted by Crippen LogP contribution is 2.37. The molecule has 5 nitrogen and oxygen atoms in total. The van der Waals surface area contributed by atoms with E-state index in [1.54, 1.807) is 17.2 Å². The van der Waals surface area contributed by atoms with Crippen molar-refractivity contribution in [2.75, 3.05) is 12.3 Å². The molecule has 2 heterocycles. The minimum atomic E-state index is -0.0652. The predicted octanol–water partition coefficient (Wildman–Crippen LogP) is 3.91. The third-order valence-corrected chi connectivity index (χ3v) is 5.31. The number of anilines is 1. The second-order valence-electron chi connectivity index (χ2n) is 5.09. The molecule has 1 aromatic heterocycles. The van der Waals surface area contributed by atoms with Gasteiger partial charge in [-0.05, 0) is 42.0 Å². The zero-order chi connectivity index (χ0) is 17.1. The van der Waals surface area contributed by atoms with Crippen LogP contribution < -0.4 is 5.73 Å². The lowest BCUT2D eigenvalue weighted by atomic mass is 10.1. The van der Waals surface area contributed by atoms with Crippen LogP contribution in [-0.4, -0.2) is 27.5 Å². The topological polar surface area (TPSA) is 71.6 Å². The van der Waals surface area contributed by atoms with Crippen LogP contribution in [0.3, 0.4) is 0 Å². The Morgan fingerprint density at radius 2 is 2.17 bits per heavy atom. The molecule has 1 amide bonds. The van der Waals surface area contributed by atoms with Crippen molar-refractivity contribution in [3.63, 3.8) is 0 Å². The Labute approximate surface area is 148 Å². The fourth-order valence-corrected chi connectivity index (χ4v) is 3.84. The van der Waals surface area contributed by atoms with Crippen molar-refractivity contribution >= 4 is 50.6 Å². The molecule has 0 radical (unpaired) electrons. The van der Waals surface area contributed by atoms with Crippen LogP contribution in [0.25, 0.3) is 5.57 Å². The summed E-state index contributed by atoms with van der Waals surface area (Å²) in [5.74, 6) is -0.0652. The normalized spacial score (nSPS) is 18.3. The largest absolute Gasteiger partial charge is 0.399 e. The molecule has 7 heteroatoms. The number of benzene rings is 1. The van der Waals surface area contributed by atoms with Gasteiger partial charge in [0.05, 0.1) is 4.91 Å². The molecule has 0 aliphatic carbocycles. The minimum Gasteiger partial charge on any atom is -0.399 e. The van der Waals surface area contributed by atoms with Crippen molar-refractivity contribution in [2.45, 2.75) is 6.92 Å². The molecule has 2 N–H and O–H groups in total. The number of rotatable bonds is 4. The Bertz CT molecular complexity index is 823. The summed E-state index contributed by atoms with van der Waals surface area (Å²) in [5.41, 5.74) is 8.30. The number of nitrogens with two attached hydrogens (primary N) is 1. The Morgan fingerprint density at radius 1 is 1.42 bits per heavy atom. The van der Waals surface area contributed by atoms with Crippen molar-refractivity contribution in [1.29, 1.82) is 0 Å². The Balaban J connectivity index is 2.00. The van der Waals surface area contributed by atoms with Crippen molar-refractivity contribution in [3.05, 3.63) is 59.0 Å². The Morgan fingerprint density at radius 3 is 2.79 bits per heavy atom. The number of aliphatic imine (C=N–C) groups is 1. The fourth-order valence-electron chi connectivity index (χ4n) is 2.23. The number of hydrogen-bond acceptors (Lipinski definition) is 6. The molecule has 0 spiro atoms. The second kappa shape index (κ2) is 7.02. The summed E-state index contributed by atoms with van der Waals surface area (Å²) in [7, 11) is 0. The lowest BCUT2D eigenvalue weighted by Gasteiger charge is -2.12. The molecule has 0 bridgehead atoms. The maximum absolute atomic E-state index is 12.8. The first kappa shape index (κ1) is 16.5. The third kappa shape index (κ3) is 3.27. The van der Waals surface area contributed by atoms with E-state index in [0.717, 1.165) is 11.1 Å². The number of nitrogen functional groups attached to an aromatic ring is 1. The molecule has 1 aliphatic heterocycles. The van der Waals surface area contributed by atoms with Gasteiger partial charge in [-0.2, -0.15) is 4.99 Å². The molecule has 3 rings (SSSR count). The van der Waals surface area contributed by atoms with E-state index in [9.17, 15) is 4.79 Å². The molecule has 0 unspecified atom stereocenters. The molecule has 122 valence electrons. The van der Waals surface area contributed by atoms with Gasteiger partial charge in [0.1, 0.15) is 0 Å². The highest BCUT2D eigenvalue weighted by molar-refractivity contribution is 8.18. The first-order chi connectivity index (χ1) is 11.6. The lowest BCUT2D eigenvalue weighted by Crippen LogP contribution is -2.29. The fraction of sp³-hybridized carbons (Fsp3) is 0.118. The van der Waals surface area contributed by atoms with Crippen molar-refractivity contribution < 1.29 is 4.79 Å². The van der Waals surface area contributed by atoms with Crippen LogP contribution in [0.5, 0.6) is 0 Å². The SMILES string of the molecule is C=CCN1C(=O)/C(=C(\C)c2ccc(N)cc2)S/C1=N/c1nccs1. The standard InChI is InChI=1S/C17H16N4OS2/c1-3-9-21-15(22)14(11(2)12-4-6-13(18)7-5-12)24-17(21)20-16-19-8-10-23-16/h3-8,10H,1,9,18H2,2H3/b14-11-,20-17+. The second-order valence-corrected chi connectivity index (χ2v) is 6.94. The van der Waals surface area contributed by atoms with Gasteiger partial charge >= 0.3 is 0 Å². The van der Waals surface area contributed by atoms with Crippen LogP contribution in [0.2, 0.25) is 0 Å². The number of allylic oxidation sites excluding steroid dienone is 1. The van der Waals surface area contributed by atoms with Crippen LogP contribution in [0.15, 0.2) is 58.4 Å². The quantitative estimate of drug-likeness (QED) is 0.512. The number of carbonyl (C=O) groups is 1. The van der Waals surface area contributed by atoms with E-state index >= 15 is 0 Å². The molecule has 1 aliphatic rings. The van der Waals surface area contributed by atoms with Crippen LogP contribution in [0.1, 0.15) is 12.5 Å². The number of thiazole rings is 1. The van der Waals surface area contributed by atoms with Crippen LogP contribution >= 0.6 is 23.1 Å². The van der Waals surface area contributed by atoms with Gasteiger partial charge in [0.25, 0.3) is 5.91 Å². The van der Waals surface area contributed by atoms with E-state index in [1.165, 1.54) is 23.1 Å². The van der Waals surface area contributed by atoms with Crippen molar-refractivity contribution in [3.8, 4) is 0 Å². The van der Waals surface area contributed by atoms with E-state index in [0.29, 0.717) is 27.4 Å². The van der Waals surface area contributed by atoms with Gasteiger partial charge in [0.2, 0.25) is 5.13 Å². The lowest BCUT2D eigenvalue weighted by molar-refractivity contribution is -0.121. The first-order valence-corrected chi connectivity index (χ1v) is 8.95. The summed E-state index contributed by atoms with van der Waals surface area (Å²) in [6, 6.07) is 7.49. The number of carbonyl (C=O) groups excluding carboxylic acids is 1. The molecule has 1 fully saturated rings. The summed E-state index contributed by atoms with van der Waals surface area (Å²) in [6.45, 7) is 6.07. The molecular formula is C17H16N4OS2. The van der Waals surface area contributed by atoms with Gasteiger partial charge in [-0.25, -0.2) is 4.98 Å². The Kier molecular flexibility index (Phi) is 4.82. The zero-order valence-electron chi connectivity index (χ0n) is 13.1. The van der Waals surface area contributed by atoms with Gasteiger partial charge in [-0.15, -0.1) is 17.9 Å². The number of hydrogen-bond donors (Lipinski definition) is 1. The Hall–Kier alpha value is -2.38. The third-order valence-electron chi connectivity index (χ3n) is 3.47. The first-order valence-electron chi connectivity index (χ1n) is 7.25.